The highest BCUT2D eigenvalue weighted by Gasteiger charge is 2.42. The van der Waals surface area contributed by atoms with Gasteiger partial charge in [0.25, 0.3) is 11.8 Å². The molecule has 0 aliphatic carbocycles. The van der Waals surface area contributed by atoms with Gasteiger partial charge in [0.1, 0.15) is 27.3 Å². The second kappa shape index (κ2) is 14.4. The van der Waals surface area contributed by atoms with Crippen LogP contribution in [0.4, 0.5) is 25.8 Å². The number of carbonyl (C=O) groups excluding carboxylic acids is 3. The molecule has 0 bridgehead atoms. The van der Waals surface area contributed by atoms with E-state index in [0.29, 0.717) is 37.2 Å². The van der Waals surface area contributed by atoms with Crippen LogP contribution in [0.1, 0.15) is 39.2 Å². The van der Waals surface area contributed by atoms with Crippen LogP contribution in [0.25, 0.3) is 0 Å². The molecule has 50 heavy (non-hydrogen) atoms. The molecule has 1 N–H and O–H groups in total. The first kappa shape index (κ1) is 36.2. The third kappa shape index (κ3) is 7.27. The van der Waals surface area contributed by atoms with Gasteiger partial charge in [-0.3, -0.25) is 24.2 Å². The summed E-state index contributed by atoms with van der Waals surface area (Å²) in [6, 6.07) is 14.2. The van der Waals surface area contributed by atoms with Crippen LogP contribution < -0.4 is 20.0 Å². The Hall–Kier alpha value is -5.05. The van der Waals surface area contributed by atoms with Gasteiger partial charge >= 0.3 is 0 Å². The molecule has 0 unspecified atom stereocenters. The molecule has 0 saturated carbocycles. The molecule has 0 aromatic heterocycles. The summed E-state index contributed by atoms with van der Waals surface area (Å²) in [4.78, 5) is 43.1. The normalized spacial score (nSPS) is 16.8. The first-order valence-corrected chi connectivity index (χ1v) is 17.4. The van der Waals surface area contributed by atoms with Crippen LogP contribution in [-0.2, 0) is 29.9 Å². The Labute approximate surface area is 294 Å². The van der Waals surface area contributed by atoms with Gasteiger partial charge in [-0.2, -0.15) is 0 Å². The number of nitrogens with one attached hydrogen (secondary N) is 1. The zero-order valence-electron chi connectivity index (χ0n) is 27.4. The molecular weight excluding hydrogens is 687 g/mol. The fourth-order valence-corrected chi connectivity index (χ4v) is 6.70. The smallest absolute Gasteiger partial charge is 0.270 e. The summed E-state index contributed by atoms with van der Waals surface area (Å²) in [6.07, 6.45) is 7.08. The van der Waals surface area contributed by atoms with Crippen molar-refractivity contribution in [3.8, 4) is 0 Å². The highest BCUT2D eigenvalue weighted by molar-refractivity contribution is 7.85. The average Bonchev–Trinajstić information content (AvgIpc) is 3.28. The highest BCUT2D eigenvalue weighted by atomic mass is 32.2. The van der Waals surface area contributed by atoms with Crippen LogP contribution in [0.2, 0.25) is 0 Å². The maximum Gasteiger partial charge on any atom is 0.270 e. The van der Waals surface area contributed by atoms with Crippen molar-refractivity contribution in [1.82, 2.24) is 5.32 Å². The summed E-state index contributed by atoms with van der Waals surface area (Å²) in [7, 11) is -4.72. The fourth-order valence-electron chi connectivity index (χ4n) is 5.82. The largest absolute Gasteiger partial charge is 0.744 e. The molecule has 0 radical (unpaired) electrons. The molecule has 2 aliphatic rings. The summed E-state index contributed by atoms with van der Waals surface area (Å²) in [6.45, 7) is 6.35. The van der Waals surface area contributed by atoms with E-state index in [-0.39, 0.29) is 32.9 Å². The minimum absolute atomic E-state index is 0.0901. The predicted molar refractivity (Wildman–Crippen MR) is 188 cm³/mol. The third-order valence-corrected chi connectivity index (χ3v) is 9.60. The SMILES string of the molecule is CCC(=O)NCCCN1/C(=C/C=C/C=C2C(=O)N(c3ccc(F)cc3)C(=S)N(c3ccc(F)cc3)C2=O)C(C)(C)c2cc(S(=O)(=O)[O-])ccc21. The van der Waals surface area contributed by atoms with Crippen molar-refractivity contribution in [2.24, 2.45) is 0 Å². The summed E-state index contributed by atoms with van der Waals surface area (Å²) in [5, 5.41) is 2.64. The van der Waals surface area contributed by atoms with E-state index >= 15 is 0 Å². The molecule has 3 amide bonds. The second-order valence-corrected chi connectivity index (χ2v) is 13.7. The lowest BCUT2D eigenvalue weighted by Crippen LogP contribution is -2.57. The quantitative estimate of drug-likeness (QED) is 0.0941. The number of hydrogen-bond donors (Lipinski definition) is 1. The van der Waals surface area contributed by atoms with Crippen molar-refractivity contribution >= 4 is 62.2 Å². The van der Waals surface area contributed by atoms with Crippen molar-refractivity contribution in [3.05, 3.63) is 120 Å². The molecule has 0 atom stereocenters. The average molecular weight is 720 g/mol. The van der Waals surface area contributed by atoms with Crippen LogP contribution in [0, 0.1) is 11.6 Å². The van der Waals surface area contributed by atoms with Gasteiger partial charge in [-0.25, -0.2) is 17.2 Å². The van der Waals surface area contributed by atoms with Gasteiger partial charge in [0.2, 0.25) is 5.91 Å². The predicted octanol–water partition coefficient (Wildman–Crippen LogP) is 5.61. The van der Waals surface area contributed by atoms with Crippen molar-refractivity contribution in [2.45, 2.75) is 43.9 Å². The van der Waals surface area contributed by atoms with E-state index in [1.165, 1.54) is 48.6 Å². The van der Waals surface area contributed by atoms with E-state index in [1.807, 2.05) is 18.7 Å². The Balaban J connectivity index is 1.52. The number of carbonyl (C=O) groups is 3. The van der Waals surface area contributed by atoms with E-state index in [2.05, 4.69) is 5.32 Å². The van der Waals surface area contributed by atoms with Gasteiger partial charge in [-0.05, 0) is 103 Å². The number of thiocarbonyl (C=S) groups is 1. The molecule has 1 fully saturated rings. The lowest BCUT2D eigenvalue weighted by molar-refractivity contribution is -0.122. The number of amides is 3. The van der Waals surface area contributed by atoms with Crippen molar-refractivity contribution in [3.63, 3.8) is 0 Å². The highest BCUT2D eigenvalue weighted by Crippen LogP contribution is 2.48. The standard InChI is InChI=1S/C36H34F2N4O6S2/c1-4-32(43)39-20-7-21-40-30-19-18-27(50(46,47)48)22-29(30)36(2,3)31(40)9-6-5-8-28-33(44)41(25-14-10-23(37)11-15-25)35(49)42(34(28)45)26-16-12-24(38)13-17-26/h5-6,8-19,22H,4,7,20-21H2,1-3H3,(H,39,43)(H,46,47,48)/p-1/b6-5+,31-9+. The molecule has 3 aromatic carbocycles. The number of rotatable bonds is 10. The Bertz CT molecular complexity index is 1990. The molecule has 5 rings (SSSR count). The number of fused-ring (bicyclic) bond motifs is 1. The second-order valence-electron chi connectivity index (χ2n) is 12.0. The van der Waals surface area contributed by atoms with Crippen LogP contribution in [0.5, 0.6) is 0 Å². The number of nitrogens with zero attached hydrogens (tertiary/aromatic N) is 3. The van der Waals surface area contributed by atoms with Gasteiger partial charge in [-0.15, -0.1) is 0 Å². The lowest BCUT2D eigenvalue weighted by Gasteiger charge is -2.36. The van der Waals surface area contributed by atoms with E-state index in [9.17, 15) is 36.1 Å². The van der Waals surface area contributed by atoms with Crippen molar-refractivity contribution in [2.75, 3.05) is 27.8 Å². The number of allylic oxidation sites excluding steroid dienone is 5. The molecule has 2 aliphatic heterocycles. The van der Waals surface area contributed by atoms with Crippen LogP contribution in [-0.4, -0.2) is 48.9 Å². The maximum atomic E-state index is 13.8. The molecule has 10 nitrogen and oxygen atoms in total. The van der Waals surface area contributed by atoms with Gasteiger partial charge in [0.15, 0.2) is 5.11 Å². The minimum atomic E-state index is -4.72. The lowest BCUT2D eigenvalue weighted by atomic mass is 9.83. The van der Waals surface area contributed by atoms with Gasteiger partial charge < -0.3 is 14.8 Å². The number of hydrogen-bond acceptors (Lipinski definition) is 8. The Morgan fingerprint density at radius 3 is 1.96 bits per heavy atom. The minimum Gasteiger partial charge on any atom is -0.744 e. The first-order chi connectivity index (χ1) is 23.6. The summed E-state index contributed by atoms with van der Waals surface area (Å²) in [5.41, 5.74) is 1.42. The summed E-state index contributed by atoms with van der Waals surface area (Å²) < 4.78 is 63.1. The summed E-state index contributed by atoms with van der Waals surface area (Å²) >= 11 is 5.54. The van der Waals surface area contributed by atoms with Crippen LogP contribution in [0.15, 0.2) is 107 Å². The van der Waals surface area contributed by atoms with E-state index in [4.69, 9.17) is 12.2 Å². The van der Waals surface area contributed by atoms with E-state index in [0.717, 1.165) is 39.8 Å². The Morgan fingerprint density at radius 2 is 1.44 bits per heavy atom. The number of benzene rings is 3. The number of anilines is 3. The van der Waals surface area contributed by atoms with Crippen molar-refractivity contribution < 1.29 is 36.1 Å². The van der Waals surface area contributed by atoms with Crippen LogP contribution >= 0.6 is 12.2 Å². The maximum absolute atomic E-state index is 13.8. The first-order valence-electron chi connectivity index (χ1n) is 15.6. The zero-order valence-corrected chi connectivity index (χ0v) is 29.0. The van der Waals surface area contributed by atoms with E-state index < -0.39 is 39.0 Å². The van der Waals surface area contributed by atoms with Gasteiger partial charge in [-0.1, -0.05) is 32.9 Å². The molecule has 1 saturated heterocycles. The molecule has 0 spiro atoms. The molecule has 260 valence electrons. The molecule has 14 heteroatoms. The fraction of sp³-hybridized carbons (Fsp3) is 0.222. The molecule has 3 aromatic rings. The topological polar surface area (TPSA) is 130 Å². The number of halogens is 2. The molecular formula is C36H33F2N4O6S2-. The van der Waals surface area contributed by atoms with Gasteiger partial charge in [0.05, 0.1) is 16.3 Å². The Morgan fingerprint density at radius 1 is 0.900 bits per heavy atom. The summed E-state index contributed by atoms with van der Waals surface area (Å²) in [5.74, 6) is -2.67. The van der Waals surface area contributed by atoms with E-state index in [1.54, 1.807) is 25.1 Å². The van der Waals surface area contributed by atoms with Crippen LogP contribution in [0.3, 0.4) is 0 Å². The van der Waals surface area contributed by atoms with Gasteiger partial charge in [0, 0.05) is 36.3 Å². The molecule has 2 heterocycles. The third-order valence-electron chi connectivity index (χ3n) is 8.40. The van der Waals surface area contributed by atoms with Crippen molar-refractivity contribution in [1.29, 1.82) is 0 Å². The monoisotopic (exact) mass is 719 g/mol. The zero-order chi connectivity index (χ0) is 36.4. The Kier molecular flexibility index (Phi) is 10.5.